The van der Waals surface area contributed by atoms with Crippen molar-refractivity contribution in [3.8, 4) is 22.8 Å². The van der Waals surface area contributed by atoms with Crippen molar-refractivity contribution in [3.63, 3.8) is 0 Å². The number of morpholine rings is 1. The summed E-state index contributed by atoms with van der Waals surface area (Å²) in [6.45, 7) is 4.16. The number of anilines is 2. The van der Waals surface area contributed by atoms with Gasteiger partial charge in [0.05, 0.1) is 37.0 Å². The molecule has 8 nitrogen and oxygen atoms in total. The summed E-state index contributed by atoms with van der Waals surface area (Å²) in [7, 11) is -3.76. The molecule has 168 valence electrons. The smallest absolute Gasteiger partial charge is 0.262 e. The fourth-order valence-electron chi connectivity index (χ4n) is 3.53. The zero-order chi connectivity index (χ0) is 22.0. The highest BCUT2D eigenvalue weighted by Crippen LogP contribution is 2.33. The molecule has 10 heteroatoms. The molecule has 3 heterocycles. The summed E-state index contributed by atoms with van der Waals surface area (Å²) < 4.78 is 45.0. The Morgan fingerprint density at radius 1 is 0.938 bits per heavy atom. The van der Waals surface area contributed by atoms with Crippen molar-refractivity contribution in [1.29, 1.82) is 0 Å². The van der Waals surface area contributed by atoms with Gasteiger partial charge >= 0.3 is 0 Å². The molecule has 0 amide bonds. The molecule has 0 unspecified atom stereocenters. The standard InChI is InChI=1S/C22H23N3O5S2/c26-32(27,18-6-7-20-21(14-18)30-11-1-10-29-20)24-17-4-2-16(3-5-17)19-15-31-22(23-19)25-8-12-28-13-9-25/h2-7,14-15,24H,1,8-13H2. The SMILES string of the molecule is O=S(=O)(Nc1ccc(-c2csc(N3CCOCC3)n2)cc1)c1ccc2c(c1)OCCCO2. The Morgan fingerprint density at radius 3 is 2.47 bits per heavy atom. The minimum absolute atomic E-state index is 0.125. The van der Waals surface area contributed by atoms with E-state index in [1.54, 1.807) is 29.5 Å². The Balaban J connectivity index is 1.30. The van der Waals surface area contributed by atoms with Crippen LogP contribution in [0.4, 0.5) is 10.8 Å². The van der Waals surface area contributed by atoms with Crippen LogP contribution in [0.15, 0.2) is 52.7 Å². The van der Waals surface area contributed by atoms with E-state index in [2.05, 4.69) is 9.62 Å². The van der Waals surface area contributed by atoms with Crippen molar-refractivity contribution >= 4 is 32.2 Å². The summed E-state index contributed by atoms with van der Waals surface area (Å²) >= 11 is 1.60. The highest BCUT2D eigenvalue weighted by Gasteiger charge is 2.19. The molecule has 0 atom stereocenters. The minimum Gasteiger partial charge on any atom is -0.490 e. The average Bonchev–Trinajstić information content (AvgIpc) is 3.19. The van der Waals surface area contributed by atoms with Gasteiger partial charge in [-0.15, -0.1) is 11.3 Å². The third-order valence-electron chi connectivity index (χ3n) is 5.24. The topological polar surface area (TPSA) is 90.0 Å². The molecule has 0 spiro atoms. The number of nitrogens with one attached hydrogen (secondary N) is 1. The number of rotatable bonds is 5. The maximum Gasteiger partial charge on any atom is 0.262 e. The number of aromatic nitrogens is 1. The van der Waals surface area contributed by atoms with Crippen molar-refractivity contribution in [3.05, 3.63) is 47.8 Å². The van der Waals surface area contributed by atoms with Crippen molar-refractivity contribution in [2.24, 2.45) is 0 Å². The van der Waals surface area contributed by atoms with E-state index in [1.165, 1.54) is 12.1 Å². The van der Waals surface area contributed by atoms with Crippen LogP contribution in [0, 0.1) is 0 Å². The normalized spacial score (nSPS) is 16.4. The average molecular weight is 474 g/mol. The molecule has 1 N–H and O–H groups in total. The number of fused-ring (bicyclic) bond motifs is 1. The predicted octanol–water partition coefficient (Wildman–Crippen LogP) is 3.61. The summed E-state index contributed by atoms with van der Waals surface area (Å²) in [6.07, 6.45) is 0.758. The molecule has 2 aromatic carbocycles. The van der Waals surface area contributed by atoms with Gasteiger partial charge in [-0.1, -0.05) is 12.1 Å². The van der Waals surface area contributed by atoms with Gasteiger partial charge in [-0.25, -0.2) is 13.4 Å². The van der Waals surface area contributed by atoms with Crippen molar-refractivity contribution in [1.82, 2.24) is 4.98 Å². The lowest BCUT2D eigenvalue weighted by Crippen LogP contribution is -2.36. The van der Waals surface area contributed by atoms with Crippen LogP contribution in [-0.2, 0) is 14.8 Å². The first-order valence-corrected chi connectivity index (χ1v) is 12.8. The largest absolute Gasteiger partial charge is 0.490 e. The number of hydrogen-bond donors (Lipinski definition) is 1. The van der Waals surface area contributed by atoms with E-state index in [-0.39, 0.29) is 4.90 Å². The molecule has 0 aliphatic carbocycles. The highest BCUT2D eigenvalue weighted by atomic mass is 32.2. The Labute approximate surface area is 190 Å². The first-order valence-electron chi connectivity index (χ1n) is 10.4. The van der Waals surface area contributed by atoms with Crippen LogP contribution in [0.1, 0.15) is 6.42 Å². The Kier molecular flexibility index (Phi) is 5.90. The van der Waals surface area contributed by atoms with Gasteiger partial charge in [0.1, 0.15) is 0 Å². The number of thiazole rings is 1. The van der Waals surface area contributed by atoms with Gasteiger partial charge in [0.15, 0.2) is 16.6 Å². The second kappa shape index (κ2) is 8.97. The first kappa shape index (κ1) is 21.0. The van der Waals surface area contributed by atoms with Crippen LogP contribution < -0.4 is 19.1 Å². The van der Waals surface area contributed by atoms with Gasteiger partial charge in [-0.2, -0.15) is 0 Å². The molecule has 0 saturated carbocycles. The molecule has 5 rings (SSSR count). The second-order valence-electron chi connectivity index (χ2n) is 7.46. The summed E-state index contributed by atoms with van der Waals surface area (Å²) in [5.41, 5.74) is 2.28. The molecule has 1 saturated heterocycles. The first-order chi connectivity index (χ1) is 15.6. The molecule has 1 aromatic heterocycles. The van der Waals surface area contributed by atoms with Crippen LogP contribution in [-0.4, -0.2) is 52.9 Å². The third-order valence-corrected chi connectivity index (χ3v) is 7.52. The van der Waals surface area contributed by atoms with Gasteiger partial charge < -0.3 is 19.1 Å². The number of sulfonamides is 1. The van der Waals surface area contributed by atoms with E-state index in [0.29, 0.717) is 43.6 Å². The van der Waals surface area contributed by atoms with E-state index < -0.39 is 10.0 Å². The van der Waals surface area contributed by atoms with Gasteiger partial charge in [0, 0.05) is 42.2 Å². The summed E-state index contributed by atoms with van der Waals surface area (Å²) in [6, 6.07) is 11.9. The van der Waals surface area contributed by atoms with E-state index in [4.69, 9.17) is 19.2 Å². The van der Waals surface area contributed by atoms with Gasteiger partial charge in [0.25, 0.3) is 10.0 Å². The van der Waals surface area contributed by atoms with E-state index >= 15 is 0 Å². The zero-order valence-corrected chi connectivity index (χ0v) is 19.0. The number of nitrogens with zero attached hydrogens (tertiary/aromatic N) is 2. The van der Waals surface area contributed by atoms with Crippen molar-refractivity contribution in [2.75, 3.05) is 49.1 Å². The maximum atomic E-state index is 12.9. The van der Waals surface area contributed by atoms with Crippen LogP contribution in [0.2, 0.25) is 0 Å². The van der Waals surface area contributed by atoms with Gasteiger partial charge in [-0.05, 0) is 24.3 Å². The number of benzene rings is 2. The molecular weight excluding hydrogens is 450 g/mol. The van der Waals surface area contributed by atoms with E-state index in [0.717, 1.165) is 35.9 Å². The van der Waals surface area contributed by atoms with Gasteiger partial charge in [0.2, 0.25) is 0 Å². The zero-order valence-electron chi connectivity index (χ0n) is 17.3. The Morgan fingerprint density at radius 2 is 1.69 bits per heavy atom. The third kappa shape index (κ3) is 4.52. The molecule has 2 aliphatic rings. The molecule has 3 aromatic rings. The summed E-state index contributed by atoms with van der Waals surface area (Å²) in [5.74, 6) is 1.01. The predicted molar refractivity (Wildman–Crippen MR) is 123 cm³/mol. The lowest BCUT2D eigenvalue weighted by molar-refractivity contribution is 0.122. The highest BCUT2D eigenvalue weighted by molar-refractivity contribution is 7.92. The van der Waals surface area contributed by atoms with Crippen LogP contribution in [0.3, 0.4) is 0 Å². The van der Waals surface area contributed by atoms with Crippen LogP contribution in [0.5, 0.6) is 11.5 Å². The van der Waals surface area contributed by atoms with E-state index in [1.807, 2.05) is 17.5 Å². The van der Waals surface area contributed by atoms with Crippen molar-refractivity contribution in [2.45, 2.75) is 11.3 Å². The molecule has 1 fully saturated rings. The monoisotopic (exact) mass is 473 g/mol. The molecule has 0 radical (unpaired) electrons. The quantitative estimate of drug-likeness (QED) is 0.605. The van der Waals surface area contributed by atoms with Crippen molar-refractivity contribution < 1.29 is 22.6 Å². The fraction of sp³-hybridized carbons (Fsp3) is 0.318. The van der Waals surface area contributed by atoms with Crippen LogP contribution in [0.25, 0.3) is 11.3 Å². The second-order valence-corrected chi connectivity index (χ2v) is 9.98. The molecule has 32 heavy (non-hydrogen) atoms. The summed E-state index contributed by atoms with van der Waals surface area (Å²) in [4.78, 5) is 7.07. The summed E-state index contributed by atoms with van der Waals surface area (Å²) in [5, 5.41) is 2.99. The fourth-order valence-corrected chi connectivity index (χ4v) is 5.49. The lowest BCUT2D eigenvalue weighted by Gasteiger charge is -2.26. The molecular formula is C22H23N3O5S2. The van der Waals surface area contributed by atoms with Crippen LogP contribution >= 0.6 is 11.3 Å². The Bertz CT molecular complexity index is 1190. The van der Waals surface area contributed by atoms with Gasteiger partial charge in [-0.3, -0.25) is 4.72 Å². The van der Waals surface area contributed by atoms with E-state index in [9.17, 15) is 8.42 Å². The number of ether oxygens (including phenoxy) is 3. The minimum atomic E-state index is -3.76. The lowest BCUT2D eigenvalue weighted by atomic mass is 10.1. The molecule has 0 bridgehead atoms. The molecule has 2 aliphatic heterocycles. The maximum absolute atomic E-state index is 12.9. The number of hydrogen-bond acceptors (Lipinski definition) is 8. The Hall–Kier alpha value is -2.82.